The molecule has 2 fully saturated rings. The molecule has 2 aromatic carbocycles. The van der Waals surface area contributed by atoms with Crippen LogP contribution in [0.4, 0.5) is 15.9 Å². The number of carbonyl (C=O) groups is 5. The van der Waals surface area contributed by atoms with Gasteiger partial charge in [-0.1, -0.05) is 29.0 Å². The lowest BCUT2D eigenvalue weighted by Gasteiger charge is -2.38. The van der Waals surface area contributed by atoms with E-state index in [4.69, 9.17) is 44.0 Å². The van der Waals surface area contributed by atoms with Gasteiger partial charge in [0.05, 0.1) is 76.8 Å². The molecule has 29 nitrogen and oxygen atoms in total. The summed E-state index contributed by atoms with van der Waals surface area (Å²) in [6.07, 6.45) is -13.4. The summed E-state index contributed by atoms with van der Waals surface area (Å²) in [5.74, 6) is 1.46. The minimum absolute atomic E-state index is 0.0243. The number of carboxylic acid groups (broad SMARTS) is 1. The van der Waals surface area contributed by atoms with Crippen LogP contribution in [0.5, 0.6) is 11.5 Å². The van der Waals surface area contributed by atoms with E-state index < -0.39 is 95.6 Å². The Labute approximate surface area is 466 Å². The second-order valence-electron chi connectivity index (χ2n) is 19.0. The summed E-state index contributed by atoms with van der Waals surface area (Å²) in [5, 5.41) is 74.3. The fraction of sp³-hybridized carbons (Fsp3) is 0.471. The maximum absolute atomic E-state index is 15.2. The van der Waals surface area contributed by atoms with Crippen LogP contribution in [0.1, 0.15) is 49.1 Å². The molecule has 1 aliphatic carbocycles. The second-order valence-corrected chi connectivity index (χ2v) is 20.3. The van der Waals surface area contributed by atoms with E-state index in [-0.39, 0.29) is 136 Å². The zero-order valence-electron chi connectivity index (χ0n) is 43.8. The molecular formula is C51H61FN9O20S+. The third-order valence-electron chi connectivity index (χ3n) is 13.2. The number of benzene rings is 2. The Morgan fingerprint density at radius 2 is 1.59 bits per heavy atom. The third kappa shape index (κ3) is 14.5. The lowest BCUT2D eigenvalue weighted by atomic mass is 9.99. The summed E-state index contributed by atoms with van der Waals surface area (Å²) >= 11 is 0. The molecule has 0 saturated carbocycles. The number of anilines is 2. The van der Waals surface area contributed by atoms with Gasteiger partial charge in [0.1, 0.15) is 64.9 Å². The van der Waals surface area contributed by atoms with Crippen molar-refractivity contribution >= 4 is 62.3 Å². The quantitative estimate of drug-likeness (QED) is 0.0120. The van der Waals surface area contributed by atoms with E-state index in [9.17, 15) is 63.0 Å². The predicted octanol–water partition coefficient (Wildman–Crippen LogP) is -3.47. The number of rotatable bonds is 27. The van der Waals surface area contributed by atoms with Crippen molar-refractivity contribution in [2.45, 2.75) is 88.0 Å². The monoisotopic (exact) mass is 1170 g/mol. The maximum Gasteiger partial charge on any atom is 0.335 e. The van der Waals surface area contributed by atoms with Crippen LogP contribution in [0.15, 0.2) is 60.1 Å². The molecule has 5 heterocycles. The van der Waals surface area contributed by atoms with E-state index >= 15 is 4.39 Å². The number of aromatic nitrogens is 3. The van der Waals surface area contributed by atoms with Crippen molar-refractivity contribution in [1.29, 1.82) is 0 Å². The van der Waals surface area contributed by atoms with Crippen LogP contribution in [-0.4, -0.2) is 198 Å². The number of aliphatic carboxylic acids is 1. The lowest BCUT2D eigenvalue weighted by Crippen LogP contribution is -2.61. The van der Waals surface area contributed by atoms with Gasteiger partial charge in [0.2, 0.25) is 42.1 Å². The fourth-order valence-electron chi connectivity index (χ4n) is 9.06. The van der Waals surface area contributed by atoms with Crippen molar-refractivity contribution in [3.8, 4) is 23.3 Å². The number of hydrogen-bond donors (Lipinski definition) is 11. The summed E-state index contributed by atoms with van der Waals surface area (Å²) in [4.78, 5) is 67.7. The number of fused-ring (bicyclic) bond motifs is 1. The van der Waals surface area contributed by atoms with E-state index in [1.807, 2.05) is 4.72 Å². The third-order valence-corrected chi connectivity index (χ3v) is 13.8. The van der Waals surface area contributed by atoms with Gasteiger partial charge in [0, 0.05) is 43.5 Å². The number of nitrogens with zero attached hydrogens (tertiary/aromatic N) is 4. The first-order valence-corrected chi connectivity index (χ1v) is 27.2. The average Bonchev–Trinajstić information content (AvgIpc) is 4.08. The molecule has 13 N–H and O–H groups in total. The Hall–Kier alpha value is -7.29. The van der Waals surface area contributed by atoms with Crippen molar-refractivity contribution in [3.63, 3.8) is 0 Å². The summed E-state index contributed by atoms with van der Waals surface area (Å²) in [6.45, 7) is 2.17. The molecule has 31 heteroatoms. The normalized spacial score (nSPS) is 23.2. The predicted molar refractivity (Wildman–Crippen MR) is 277 cm³/mol. The van der Waals surface area contributed by atoms with Crippen LogP contribution in [-0.2, 0) is 64.4 Å². The van der Waals surface area contributed by atoms with Crippen LogP contribution < -0.4 is 40.3 Å². The van der Waals surface area contributed by atoms with Gasteiger partial charge in [-0.2, -0.15) is 13.1 Å². The highest BCUT2D eigenvalue weighted by molar-refractivity contribution is 7.87. The minimum Gasteiger partial charge on any atom is -0.492 e. The first kappa shape index (κ1) is 60.8. The van der Waals surface area contributed by atoms with Crippen LogP contribution in [0.2, 0.25) is 0 Å². The molecule has 4 amide bonds. The fourth-order valence-corrected chi connectivity index (χ4v) is 9.46. The number of halogens is 1. The van der Waals surface area contributed by atoms with Crippen molar-refractivity contribution in [3.05, 3.63) is 82.6 Å². The van der Waals surface area contributed by atoms with Gasteiger partial charge in [0.15, 0.2) is 6.10 Å². The number of nitrogens with one attached hydrogen (secondary N) is 3. The molecule has 4 aliphatic rings. The van der Waals surface area contributed by atoms with Crippen molar-refractivity contribution in [1.82, 2.24) is 24.5 Å². The molecule has 82 heavy (non-hydrogen) atoms. The molecule has 0 spiro atoms. The molecular weight excluding hydrogens is 1110 g/mol. The van der Waals surface area contributed by atoms with Crippen LogP contribution >= 0.6 is 0 Å². The zero-order valence-corrected chi connectivity index (χ0v) is 44.7. The molecule has 4 aromatic rings. The van der Waals surface area contributed by atoms with Gasteiger partial charge < -0.3 is 80.2 Å². The van der Waals surface area contributed by atoms with Gasteiger partial charge in [0.25, 0.3) is 22.0 Å². The number of carboxylic acids is 1. The Morgan fingerprint density at radius 3 is 2.28 bits per heavy atom. The number of ether oxygens (including phenoxy) is 7. The highest BCUT2D eigenvalue weighted by Crippen LogP contribution is 2.40. The van der Waals surface area contributed by atoms with E-state index in [0.717, 1.165) is 4.90 Å². The molecule has 9 atom stereocenters. The zero-order chi connectivity index (χ0) is 59.0. The second kappa shape index (κ2) is 26.7. The van der Waals surface area contributed by atoms with Crippen molar-refractivity contribution in [2.75, 3.05) is 76.9 Å². The van der Waals surface area contributed by atoms with E-state index in [1.165, 1.54) is 58.1 Å². The highest BCUT2D eigenvalue weighted by atomic mass is 32.2. The molecule has 8 rings (SSSR count). The van der Waals surface area contributed by atoms with Crippen LogP contribution in [0.25, 0.3) is 11.0 Å². The largest absolute Gasteiger partial charge is 0.492 e. The first-order valence-electron chi connectivity index (χ1n) is 25.7. The number of likely N-dealkylation sites (tertiary alicyclic amines) is 1. The molecule has 2 aromatic heterocycles. The molecule has 3 aliphatic heterocycles. The Morgan fingerprint density at radius 1 is 0.878 bits per heavy atom. The van der Waals surface area contributed by atoms with Gasteiger partial charge in [-0.05, 0) is 36.8 Å². The van der Waals surface area contributed by atoms with Crippen LogP contribution in [0, 0.1) is 17.7 Å². The number of carbonyl (C=O) groups excluding carboxylic acids is 4. The van der Waals surface area contributed by atoms with Crippen LogP contribution in [0.3, 0.4) is 0 Å². The Balaban J connectivity index is 0.965. The Kier molecular flexibility index (Phi) is 19.8. The summed E-state index contributed by atoms with van der Waals surface area (Å²) in [5.41, 5.74) is 8.07. The molecule has 0 radical (unpaired) electrons. The SMILES string of the molecule is CCOc1cccc(F)c1C#Cc1cn([C@@H]2O[C@H](CNS(N)(=O)=O)[C@@H](O)[C@H]2O)c2c1c(N)nc[n+]2Cc1ccc(O[C@@H]2O[C@H](C(=O)O)[C@@H](O)[C@H](O)[C@H]2O)c(NC(=O)CCNC(=O)CCOCCOCCOCCN2C(=O)C3=C(C3)C2=O)c1. The number of piperidine rings is 1. The highest BCUT2D eigenvalue weighted by Gasteiger charge is 2.50. The molecule has 0 unspecified atom stereocenters. The average molecular weight is 1170 g/mol. The topological polar surface area (TPSA) is 419 Å². The molecule has 442 valence electrons. The smallest absolute Gasteiger partial charge is 0.335 e. The number of nitrogen functional groups attached to an aromatic ring is 1. The Bertz CT molecular complexity index is 3260. The number of aliphatic hydroxyl groups excluding tert-OH is 5. The molecule has 0 bridgehead atoms. The van der Waals surface area contributed by atoms with Crippen molar-refractivity contribution < 1.29 is 105 Å². The van der Waals surface area contributed by atoms with E-state index in [2.05, 4.69) is 27.5 Å². The summed E-state index contributed by atoms with van der Waals surface area (Å²) in [7, 11) is -4.27. The summed E-state index contributed by atoms with van der Waals surface area (Å²) in [6, 6.07) is 8.35. The first-order chi connectivity index (χ1) is 39.1. The number of imide groups is 1. The number of aliphatic hydroxyl groups is 5. The van der Waals surface area contributed by atoms with Gasteiger partial charge in [-0.3, -0.25) is 24.1 Å². The minimum atomic E-state index is -4.27. The molecule has 2 saturated heterocycles. The standard InChI is InChI=1S/C51H60FN9O20S/c1-2-78-33-5-3-4-31(52)28(33)8-7-27-24-61(49-42(67)39(64)35(79-49)22-57-82(54,73)74)46-38(27)45(53)56-25-59(46)23-26-6-9-34(80-51-43(68)40(65)41(66)44(81-51)50(71)72)32(20-26)58-37(63)10-12-55-36(62)11-14-75-16-18-77-19-17-76-15-13-60-47(69)29-21-30(29)48(60)70/h3-6,9,20,24-25,35,39-44,49,51,53,57,64-68H,2,10-19,21-23H2,1H3,(H5,54,55,58,62,63,71,72,73,74)/p+1/t35-,39-,40+,41+,42-,43-,44+,49-,51-/m1/s1. The van der Waals surface area contributed by atoms with Gasteiger partial charge in [-0.15, -0.1) is 0 Å². The number of hydrogen-bond acceptors (Lipinski definition) is 21. The number of nitrogens with two attached hydrogens (primary N) is 2. The van der Waals surface area contributed by atoms with Crippen molar-refractivity contribution in [2.24, 2.45) is 5.14 Å². The number of amides is 4. The summed E-state index contributed by atoms with van der Waals surface area (Å²) < 4.78 is 82.9. The maximum atomic E-state index is 15.2. The van der Waals surface area contributed by atoms with E-state index in [1.54, 1.807) is 6.92 Å². The van der Waals surface area contributed by atoms with Gasteiger partial charge in [-0.25, -0.2) is 23.5 Å². The van der Waals surface area contributed by atoms with E-state index in [0.29, 0.717) is 23.1 Å². The lowest BCUT2D eigenvalue weighted by molar-refractivity contribution is -0.668. The van der Waals surface area contributed by atoms with Gasteiger partial charge >= 0.3 is 5.97 Å².